The van der Waals surface area contributed by atoms with Crippen LogP contribution in [0.4, 0.5) is 0 Å². The molecule has 0 spiro atoms. The monoisotopic (exact) mass is 511 g/mol. The zero-order valence-electron chi connectivity index (χ0n) is 20.2. The van der Waals surface area contributed by atoms with E-state index in [2.05, 4.69) is 5.32 Å². The van der Waals surface area contributed by atoms with E-state index < -0.39 is 27.9 Å². The number of nitrogens with one attached hydrogen (secondary N) is 1. The highest BCUT2D eigenvalue weighted by Gasteiger charge is 2.39. The van der Waals surface area contributed by atoms with Crippen LogP contribution in [0.25, 0.3) is 0 Å². The summed E-state index contributed by atoms with van der Waals surface area (Å²) in [7, 11) is -2.73. The molecule has 2 amide bonds. The number of piperidine rings is 1. The molecule has 0 bridgehead atoms. The van der Waals surface area contributed by atoms with Crippen molar-refractivity contribution in [3.05, 3.63) is 77.6 Å². The number of methoxy groups -OCH3 is 1. The van der Waals surface area contributed by atoms with Gasteiger partial charge in [-0.15, -0.1) is 0 Å². The van der Waals surface area contributed by atoms with Gasteiger partial charge in [-0.2, -0.15) is 0 Å². The first-order chi connectivity index (χ1) is 17.2. The van der Waals surface area contributed by atoms with Crippen molar-refractivity contribution in [2.45, 2.75) is 49.6 Å². The number of aryl methyl sites for hydroxylation is 1. The van der Waals surface area contributed by atoms with E-state index in [0.29, 0.717) is 12.1 Å². The summed E-state index contributed by atoms with van der Waals surface area (Å²) in [6.45, 7) is 2.35. The van der Waals surface area contributed by atoms with Crippen molar-refractivity contribution in [1.29, 1.82) is 0 Å². The number of ether oxygens (including phenoxy) is 1. The van der Waals surface area contributed by atoms with Crippen LogP contribution in [-0.2, 0) is 24.3 Å². The van der Waals surface area contributed by atoms with Gasteiger partial charge in [-0.25, -0.2) is 13.2 Å². The molecular weight excluding hydrogens is 482 g/mol. The summed E-state index contributed by atoms with van der Waals surface area (Å²) in [5.74, 6) is -1.31. The highest BCUT2D eigenvalue weighted by atomic mass is 32.2. The van der Waals surface area contributed by atoms with Crippen LogP contribution in [-0.4, -0.2) is 55.1 Å². The molecule has 0 saturated carbocycles. The first kappa shape index (κ1) is 25.4. The molecule has 0 aliphatic carbocycles. The smallest absolute Gasteiger partial charge is 0.337 e. The van der Waals surface area contributed by atoms with Crippen LogP contribution in [0.2, 0.25) is 0 Å². The fourth-order valence-electron chi connectivity index (χ4n) is 4.59. The average molecular weight is 512 g/mol. The van der Waals surface area contributed by atoms with Crippen LogP contribution < -0.4 is 5.32 Å². The van der Waals surface area contributed by atoms with Crippen molar-refractivity contribution in [3.63, 3.8) is 0 Å². The maximum absolute atomic E-state index is 13.5. The van der Waals surface area contributed by atoms with E-state index in [4.69, 9.17) is 4.74 Å². The summed E-state index contributed by atoms with van der Waals surface area (Å²) in [6.07, 6.45) is 4.72. The van der Waals surface area contributed by atoms with Crippen LogP contribution in [0.5, 0.6) is 0 Å². The van der Waals surface area contributed by atoms with E-state index in [-0.39, 0.29) is 23.3 Å². The van der Waals surface area contributed by atoms with E-state index in [1.807, 2.05) is 6.92 Å². The molecule has 4 rings (SSSR count). The number of sulfonamides is 1. The number of hydrogen-bond donors (Lipinski definition) is 1. The number of esters is 1. The SMILES string of the molecule is COC(=O)c1ccc(C2CCCCN2C(=O)C[C@@H]2C(=O)NC=CN2S(=O)(=O)c2ccc(C)cc2)cc1. The minimum atomic E-state index is -4.05. The maximum atomic E-state index is 13.5. The predicted octanol–water partition coefficient (Wildman–Crippen LogP) is 2.89. The highest BCUT2D eigenvalue weighted by molar-refractivity contribution is 7.89. The van der Waals surface area contributed by atoms with Crippen LogP contribution in [0, 0.1) is 6.92 Å². The van der Waals surface area contributed by atoms with Gasteiger partial charge in [-0.1, -0.05) is 29.8 Å². The average Bonchev–Trinajstić information content (AvgIpc) is 2.89. The molecule has 2 heterocycles. The van der Waals surface area contributed by atoms with Gasteiger partial charge in [0.15, 0.2) is 0 Å². The van der Waals surface area contributed by atoms with Gasteiger partial charge in [-0.3, -0.25) is 13.9 Å². The Bertz CT molecular complexity index is 1270. The number of likely N-dealkylation sites (tertiary alicyclic amines) is 1. The molecule has 0 aromatic heterocycles. The summed E-state index contributed by atoms with van der Waals surface area (Å²) in [5, 5.41) is 2.53. The van der Waals surface area contributed by atoms with Crippen LogP contribution in [0.15, 0.2) is 65.8 Å². The normalized spacial score (nSPS) is 20.1. The quantitative estimate of drug-likeness (QED) is 0.597. The Morgan fingerprint density at radius 2 is 1.75 bits per heavy atom. The topological polar surface area (TPSA) is 113 Å². The molecule has 36 heavy (non-hydrogen) atoms. The Morgan fingerprint density at radius 3 is 2.42 bits per heavy atom. The van der Waals surface area contributed by atoms with Gasteiger partial charge < -0.3 is 15.0 Å². The zero-order chi connectivity index (χ0) is 25.9. The minimum absolute atomic E-state index is 0.0476. The largest absolute Gasteiger partial charge is 0.465 e. The first-order valence-corrected chi connectivity index (χ1v) is 13.2. The second kappa shape index (κ2) is 10.5. The van der Waals surface area contributed by atoms with E-state index in [1.54, 1.807) is 41.3 Å². The molecular formula is C26H29N3O6S. The molecule has 2 atom stereocenters. The Kier molecular flexibility index (Phi) is 7.44. The highest BCUT2D eigenvalue weighted by Crippen LogP contribution is 2.33. The summed E-state index contributed by atoms with van der Waals surface area (Å²) >= 11 is 0. The summed E-state index contributed by atoms with van der Waals surface area (Å²) < 4.78 is 32.4. The molecule has 1 N–H and O–H groups in total. The number of hydrogen-bond acceptors (Lipinski definition) is 6. The van der Waals surface area contributed by atoms with Crippen LogP contribution in [0.1, 0.15) is 53.2 Å². The molecule has 2 aromatic carbocycles. The zero-order valence-corrected chi connectivity index (χ0v) is 21.0. The van der Waals surface area contributed by atoms with E-state index >= 15 is 0 Å². The van der Waals surface area contributed by atoms with E-state index in [0.717, 1.165) is 34.7 Å². The number of nitrogens with zero attached hydrogens (tertiary/aromatic N) is 2. The van der Waals surface area contributed by atoms with Gasteiger partial charge in [0.2, 0.25) is 11.8 Å². The third-order valence-electron chi connectivity index (χ3n) is 6.56. The Morgan fingerprint density at radius 1 is 1.06 bits per heavy atom. The van der Waals surface area contributed by atoms with Gasteiger partial charge in [0.05, 0.1) is 30.0 Å². The molecule has 2 aliphatic rings. The Hall–Kier alpha value is -3.66. The van der Waals surface area contributed by atoms with Crippen LogP contribution >= 0.6 is 0 Å². The van der Waals surface area contributed by atoms with Gasteiger partial charge >= 0.3 is 5.97 Å². The number of benzene rings is 2. The molecule has 2 aromatic rings. The summed E-state index contributed by atoms with van der Waals surface area (Å²) in [6, 6.07) is 11.8. The molecule has 1 saturated heterocycles. The van der Waals surface area contributed by atoms with Crippen molar-refractivity contribution >= 4 is 27.8 Å². The molecule has 9 nitrogen and oxygen atoms in total. The molecule has 1 unspecified atom stereocenters. The lowest BCUT2D eigenvalue weighted by Crippen LogP contribution is -2.52. The lowest BCUT2D eigenvalue weighted by Gasteiger charge is -2.38. The van der Waals surface area contributed by atoms with Crippen molar-refractivity contribution in [2.75, 3.05) is 13.7 Å². The van der Waals surface area contributed by atoms with Crippen molar-refractivity contribution in [2.24, 2.45) is 0 Å². The van der Waals surface area contributed by atoms with Crippen molar-refractivity contribution < 1.29 is 27.5 Å². The van der Waals surface area contributed by atoms with Gasteiger partial charge in [0, 0.05) is 18.9 Å². The lowest BCUT2D eigenvalue weighted by molar-refractivity contribution is -0.138. The first-order valence-electron chi connectivity index (χ1n) is 11.8. The third kappa shape index (κ3) is 5.13. The minimum Gasteiger partial charge on any atom is -0.465 e. The number of rotatable bonds is 6. The van der Waals surface area contributed by atoms with Gasteiger partial charge in [0.25, 0.3) is 10.0 Å². The van der Waals surface area contributed by atoms with E-state index in [9.17, 15) is 22.8 Å². The number of carbonyl (C=O) groups excluding carboxylic acids is 3. The second-order valence-corrected chi connectivity index (χ2v) is 10.7. The molecule has 0 radical (unpaired) electrons. The third-order valence-corrected chi connectivity index (χ3v) is 8.36. The Balaban J connectivity index is 1.57. The van der Waals surface area contributed by atoms with Crippen molar-refractivity contribution in [3.8, 4) is 0 Å². The van der Waals surface area contributed by atoms with Crippen molar-refractivity contribution in [1.82, 2.24) is 14.5 Å². The molecule has 190 valence electrons. The maximum Gasteiger partial charge on any atom is 0.337 e. The standard InChI is InChI=1S/C26H29N3O6S/c1-18-6-12-21(13-7-18)36(33,34)29-16-14-27-25(31)23(29)17-24(30)28-15-4-3-5-22(28)19-8-10-20(11-9-19)26(32)35-2/h6-14,16,22-23H,3-5,15,17H2,1-2H3,(H,27,31)/t22?,23-/m1/s1. The number of carbonyl (C=O) groups is 3. The molecule has 10 heteroatoms. The second-order valence-electron chi connectivity index (χ2n) is 8.90. The van der Waals surface area contributed by atoms with E-state index in [1.165, 1.54) is 31.6 Å². The van der Waals surface area contributed by atoms with Gasteiger partial charge in [0.1, 0.15) is 6.04 Å². The fourth-order valence-corrected chi connectivity index (χ4v) is 6.04. The lowest BCUT2D eigenvalue weighted by atomic mass is 9.93. The summed E-state index contributed by atoms with van der Waals surface area (Å²) in [4.78, 5) is 39.8. The predicted molar refractivity (Wildman–Crippen MR) is 132 cm³/mol. The fraction of sp³-hybridized carbons (Fsp3) is 0.346. The van der Waals surface area contributed by atoms with Crippen LogP contribution in [0.3, 0.4) is 0 Å². The van der Waals surface area contributed by atoms with Gasteiger partial charge in [-0.05, 0) is 56.0 Å². The molecule has 1 fully saturated rings. The Labute approximate surface area is 210 Å². The summed E-state index contributed by atoms with van der Waals surface area (Å²) in [5.41, 5.74) is 2.19. The number of amides is 2. The molecule has 2 aliphatic heterocycles.